The Morgan fingerprint density at radius 3 is 2.55 bits per heavy atom. The molecule has 0 saturated heterocycles. The number of fused-ring (bicyclic) bond motifs is 1. The van der Waals surface area contributed by atoms with Gasteiger partial charge in [-0.2, -0.15) is 0 Å². The molecule has 2 heterocycles. The SMILES string of the molecule is CS(=O)(=O)Nc1cc(-c2ccc(F)cc2F)cc(-n2cnc3cc(-c4nccs4)ccc32)c1. The lowest BCUT2D eigenvalue weighted by Crippen LogP contribution is -2.10. The van der Waals surface area contributed by atoms with Crippen molar-refractivity contribution in [1.82, 2.24) is 14.5 Å². The maximum Gasteiger partial charge on any atom is 0.229 e. The van der Waals surface area contributed by atoms with E-state index in [-0.39, 0.29) is 11.3 Å². The highest BCUT2D eigenvalue weighted by atomic mass is 32.2. The van der Waals surface area contributed by atoms with E-state index in [4.69, 9.17) is 0 Å². The molecule has 3 aromatic carbocycles. The van der Waals surface area contributed by atoms with Crippen molar-refractivity contribution in [3.05, 3.63) is 84.1 Å². The topological polar surface area (TPSA) is 76.9 Å². The summed E-state index contributed by atoms with van der Waals surface area (Å²) in [5.41, 5.74) is 3.77. The number of halogens is 2. The van der Waals surface area contributed by atoms with E-state index in [0.29, 0.717) is 11.3 Å². The smallest absolute Gasteiger partial charge is 0.229 e. The summed E-state index contributed by atoms with van der Waals surface area (Å²) in [5.74, 6) is -1.44. The molecule has 5 aromatic rings. The second kappa shape index (κ2) is 8.05. The van der Waals surface area contributed by atoms with Crippen molar-refractivity contribution in [3.63, 3.8) is 0 Å². The van der Waals surface area contributed by atoms with Crippen LogP contribution in [-0.2, 0) is 10.0 Å². The van der Waals surface area contributed by atoms with E-state index in [1.165, 1.54) is 23.5 Å². The number of thiazole rings is 1. The third kappa shape index (κ3) is 4.35. The minimum absolute atomic E-state index is 0.144. The molecule has 0 bridgehead atoms. The molecule has 0 spiro atoms. The quantitative estimate of drug-likeness (QED) is 0.361. The Balaban J connectivity index is 1.67. The summed E-state index contributed by atoms with van der Waals surface area (Å²) in [4.78, 5) is 8.80. The fourth-order valence-electron chi connectivity index (χ4n) is 3.62. The highest BCUT2D eigenvalue weighted by molar-refractivity contribution is 7.92. The fourth-order valence-corrected chi connectivity index (χ4v) is 4.80. The molecule has 0 amide bonds. The van der Waals surface area contributed by atoms with Crippen LogP contribution < -0.4 is 4.72 Å². The summed E-state index contributed by atoms with van der Waals surface area (Å²) in [6, 6.07) is 13.8. The number of benzene rings is 3. The molecule has 0 aliphatic carbocycles. The summed E-state index contributed by atoms with van der Waals surface area (Å²) in [6.07, 6.45) is 4.38. The zero-order valence-electron chi connectivity index (χ0n) is 17.2. The first-order chi connectivity index (χ1) is 15.8. The van der Waals surface area contributed by atoms with E-state index in [0.717, 1.165) is 40.0 Å². The molecule has 33 heavy (non-hydrogen) atoms. The molecule has 0 aliphatic heterocycles. The van der Waals surface area contributed by atoms with Gasteiger partial charge in [0.25, 0.3) is 0 Å². The van der Waals surface area contributed by atoms with Gasteiger partial charge >= 0.3 is 0 Å². The molecule has 0 radical (unpaired) electrons. The number of nitrogens with one attached hydrogen (secondary N) is 1. The van der Waals surface area contributed by atoms with Gasteiger partial charge in [0, 0.05) is 34.5 Å². The van der Waals surface area contributed by atoms with Crippen LogP contribution in [0.25, 0.3) is 38.4 Å². The number of aromatic nitrogens is 3. The average Bonchev–Trinajstić information content (AvgIpc) is 3.42. The standard InChI is InChI=1S/C23H16F2N4O2S2/c1-33(30,31)28-17-8-15(19-4-3-16(24)11-20(19)25)9-18(12-17)29-13-27-21-10-14(2-5-22(21)29)23-26-6-7-32-23/h2-13,28H,1H3. The molecule has 166 valence electrons. The zero-order valence-corrected chi connectivity index (χ0v) is 18.8. The monoisotopic (exact) mass is 482 g/mol. The Hall–Kier alpha value is -3.63. The van der Waals surface area contributed by atoms with Crippen LogP contribution in [0.3, 0.4) is 0 Å². The third-order valence-electron chi connectivity index (χ3n) is 4.97. The largest absolute Gasteiger partial charge is 0.299 e. The fraction of sp³-hybridized carbons (Fsp3) is 0.0435. The van der Waals surface area contributed by atoms with E-state index in [9.17, 15) is 17.2 Å². The predicted octanol–water partition coefficient (Wildman–Crippen LogP) is 5.47. The van der Waals surface area contributed by atoms with Crippen molar-refractivity contribution in [3.8, 4) is 27.4 Å². The molecular formula is C23H16F2N4O2S2. The first-order valence-corrected chi connectivity index (χ1v) is 12.5. The molecule has 0 atom stereocenters. The normalized spacial score (nSPS) is 11.7. The minimum atomic E-state index is -3.59. The summed E-state index contributed by atoms with van der Waals surface area (Å²) >= 11 is 1.52. The predicted molar refractivity (Wildman–Crippen MR) is 126 cm³/mol. The molecular weight excluding hydrogens is 466 g/mol. The third-order valence-corrected chi connectivity index (χ3v) is 6.40. The van der Waals surface area contributed by atoms with Crippen LogP contribution in [0, 0.1) is 11.6 Å². The lowest BCUT2D eigenvalue weighted by atomic mass is 10.0. The van der Waals surface area contributed by atoms with Crippen molar-refractivity contribution in [2.45, 2.75) is 0 Å². The molecule has 0 saturated carbocycles. The molecule has 1 N–H and O–H groups in total. The second-order valence-electron chi connectivity index (χ2n) is 7.42. The maximum absolute atomic E-state index is 14.5. The van der Waals surface area contributed by atoms with Crippen LogP contribution in [0.15, 0.2) is 72.5 Å². The van der Waals surface area contributed by atoms with Crippen LogP contribution in [0.2, 0.25) is 0 Å². The van der Waals surface area contributed by atoms with Crippen molar-refractivity contribution in [1.29, 1.82) is 0 Å². The summed E-state index contributed by atoms with van der Waals surface area (Å²) in [6.45, 7) is 0. The molecule has 0 aliphatic rings. The van der Waals surface area contributed by atoms with E-state index in [2.05, 4.69) is 14.7 Å². The summed E-state index contributed by atoms with van der Waals surface area (Å²) in [5, 5.41) is 2.77. The number of sulfonamides is 1. The van der Waals surface area contributed by atoms with Gasteiger partial charge in [-0.05, 0) is 54.1 Å². The highest BCUT2D eigenvalue weighted by Crippen LogP contribution is 2.32. The number of rotatable bonds is 5. The van der Waals surface area contributed by atoms with Gasteiger partial charge in [0.15, 0.2) is 0 Å². The molecule has 0 unspecified atom stereocenters. The van der Waals surface area contributed by atoms with Gasteiger partial charge in [-0.25, -0.2) is 27.2 Å². The van der Waals surface area contributed by atoms with E-state index >= 15 is 0 Å². The van der Waals surface area contributed by atoms with Crippen molar-refractivity contribution < 1.29 is 17.2 Å². The number of nitrogens with zero attached hydrogens (tertiary/aromatic N) is 3. The van der Waals surface area contributed by atoms with E-state index in [1.54, 1.807) is 29.2 Å². The number of anilines is 1. The first-order valence-electron chi connectivity index (χ1n) is 9.72. The lowest BCUT2D eigenvalue weighted by molar-refractivity contribution is 0.585. The Morgan fingerprint density at radius 1 is 0.970 bits per heavy atom. The number of imidazole rings is 1. The molecule has 5 rings (SSSR count). The average molecular weight is 483 g/mol. The van der Waals surface area contributed by atoms with Crippen molar-refractivity contribution in [2.75, 3.05) is 11.0 Å². The Bertz CT molecular complexity index is 1600. The van der Waals surface area contributed by atoms with Gasteiger partial charge in [-0.1, -0.05) is 0 Å². The molecule has 0 fully saturated rings. The highest BCUT2D eigenvalue weighted by Gasteiger charge is 2.14. The van der Waals surface area contributed by atoms with Crippen LogP contribution in [0.5, 0.6) is 0 Å². The molecule has 10 heteroatoms. The van der Waals surface area contributed by atoms with Crippen molar-refractivity contribution >= 4 is 38.1 Å². The van der Waals surface area contributed by atoms with Crippen molar-refractivity contribution in [2.24, 2.45) is 0 Å². The van der Waals surface area contributed by atoms with E-state index < -0.39 is 21.7 Å². The van der Waals surface area contributed by atoms with Gasteiger partial charge in [0.1, 0.15) is 23.0 Å². The van der Waals surface area contributed by atoms with Gasteiger partial charge in [0.2, 0.25) is 10.0 Å². The van der Waals surface area contributed by atoms with Gasteiger partial charge < -0.3 is 0 Å². The van der Waals surface area contributed by atoms with Crippen LogP contribution >= 0.6 is 11.3 Å². The van der Waals surface area contributed by atoms with Crippen LogP contribution in [0.4, 0.5) is 14.5 Å². The van der Waals surface area contributed by atoms with Gasteiger partial charge in [0.05, 0.1) is 23.0 Å². The molecule has 2 aromatic heterocycles. The Morgan fingerprint density at radius 2 is 1.82 bits per heavy atom. The Labute approximate surface area is 192 Å². The van der Waals surface area contributed by atoms with Crippen LogP contribution in [0.1, 0.15) is 0 Å². The Kier molecular flexibility index (Phi) is 5.18. The lowest BCUT2D eigenvalue weighted by Gasteiger charge is -2.13. The maximum atomic E-state index is 14.5. The van der Waals surface area contributed by atoms with Gasteiger partial charge in [-0.15, -0.1) is 11.3 Å². The minimum Gasteiger partial charge on any atom is -0.299 e. The molecule has 6 nitrogen and oxygen atoms in total. The number of hydrogen-bond donors (Lipinski definition) is 1. The second-order valence-corrected chi connectivity index (χ2v) is 10.1. The first kappa shape index (κ1) is 21.2. The number of hydrogen-bond acceptors (Lipinski definition) is 5. The summed E-state index contributed by atoms with van der Waals surface area (Å²) in [7, 11) is -3.59. The summed E-state index contributed by atoms with van der Waals surface area (Å²) < 4.78 is 55.9. The zero-order chi connectivity index (χ0) is 23.2. The van der Waals surface area contributed by atoms with Crippen LogP contribution in [-0.4, -0.2) is 29.2 Å². The van der Waals surface area contributed by atoms with E-state index in [1.807, 2.05) is 23.6 Å². The van der Waals surface area contributed by atoms with Gasteiger partial charge in [-0.3, -0.25) is 9.29 Å².